The van der Waals surface area contributed by atoms with Crippen molar-refractivity contribution >= 4 is 9.84 Å². The summed E-state index contributed by atoms with van der Waals surface area (Å²) in [6.45, 7) is 9.44. The Morgan fingerprint density at radius 3 is 2.07 bits per heavy atom. The van der Waals surface area contributed by atoms with Crippen molar-refractivity contribution in [1.82, 2.24) is 0 Å². The summed E-state index contributed by atoms with van der Waals surface area (Å²) in [7, 11) is -3.05. The zero-order chi connectivity index (χ0) is 12.1. The van der Waals surface area contributed by atoms with E-state index in [1.54, 1.807) is 13.0 Å². The summed E-state index contributed by atoms with van der Waals surface area (Å²) in [5, 5.41) is 0. The van der Waals surface area contributed by atoms with Gasteiger partial charge >= 0.3 is 0 Å². The zero-order valence-electron chi connectivity index (χ0n) is 10.2. The van der Waals surface area contributed by atoms with E-state index in [1.165, 1.54) is 0 Å². The largest absolute Gasteiger partial charge is 0.224 e. The Balaban J connectivity index is 0.000000921. The molecule has 1 aromatic carbocycles. The molecular formula is C12H20O2S. The second-order valence-corrected chi connectivity index (χ2v) is 5.42. The summed E-state index contributed by atoms with van der Waals surface area (Å²) in [6, 6.07) is 5.40. The van der Waals surface area contributed by atoms with Crippen LogP contribution in [0.5, 0.6) is 0 Å². The highest BCUT2D eigenvalue weighted by atomic mass is 32.2. The van der Waals surface area contributed by atoms with Crippen LogP contribution in [0.1, 0.15) is 31.9 Å². The van der Waals surface area contributed by atoms with Crippen molar-refractivity contribution < 1.29 is 8.42 Å². The first-order valence-electron chi connectivity index (χ1n) is 5.27. The smallest absolute Gasteiger partial charge is 0.178 e. The number of hydrogen-bond acceptors (Lipinski definition) is 2. The van der Waals surface area contributed by atoms with Crippen molar-refractivity contribution in [3.63, 3.8) is 0 Å². The molecule has 2 nitrogen and oxygen atoms in total. The molecule has 0 aromatic heterocycles. The minimum atomic E-state index is -3.05. The molecular weight excluding hydrogens is 208 g/mol. The fourth-order valence-electron chi connectivity index (χ4n) is 1.30. The Labute approximate surface area is 93.3 Å². The second-order valence-electron chi connectivity index (χ2n) is 3.17. The van der Waals surface area contributed by atoms with E-state index in [9.17, 15) is 8.42 Å². The third-order valence-corrected chi connectivity index (χ3v) is 3.93. The van der Waals surface area contributed by atoms with E-state index >= 15 is 0 Å². The van der Waals surface area contributed by atoms with Gasteiger partial charge in [0.15, 0.2) is 9.84 Å². The van der Waals surface area contributed by atoms with Gasteiger partial charge in [-0.1, -0.05) is 38.5 Å². The molecule has 0 saturated heterocycles. The lowest BCUT2D eigenvalue weighted by Gasteiger charge is -2.05. The van der Waals surface area contributed by atoms with Gasteiger partial charge in [-0.25, -0.2) is 8.42 Å². The number of sulfone groups is 1. The molecule has 0 saturated carbocycles. The van der Waals surface area contributed by atoms with E-state index in [0.29, 0.717) is 4.90 Å². The molecule has 0 aliphatic heterocycles. The van der Waals surface area contributed by atoms with Crippen LogP contribution >= 0.6 is 0 Å². The van der Waals surface area contributed by atoms with Gasteiger partial charge in [0.25, 0.3) is 0 Å². The van der Waals surface area contributed by atoms with E-state index in [1.807, 2.05) is 39.8 Å². The van der Waals surface area contributed by atoms with Crippen molar-refractivity contribution in [2.45, 2.75) is 39.5 Å². The number of benzene rings is 1. The molecule has 0 N–H and O–H groups in total. The van der Waals surface area contributed by atoms with Crippen LogP contribution in [-0.2, 0) is 9.84 Å². The fourth-order valence-corrected chi connectivity index (χ4v) is 2.44. The van der Waals surface area contributed by atoms with Crippen molar-refractivity contribution in [1.29, 1.82) is 0 Å². The van der Waals surface area contributed by atoms with Crippen LogP contribution in [0.3, 0.4) is 0 Å². The molecule has 0 amide bonds. The standard InChI is InChI=1S/C10H14O2S.C2H6/c1-4-13(11,12)10-6-5-8(2)7-9(10)3;1-2/h5-7H,4H2,1-3H3;1-2H3. The molecule has 3 heteroatoms. The predicted octanol–water partition coefficient (Wildman–Crippen LogP) is 3.12. The third kappa shape index (κ3) is 3.67. The maximum atomic E-state index is 11.5. The maximum absolute atomic E-state index is 11.5. The molecule has 1 rings (SSSR count). The van der Waals surface area contributed by atoms with E-state index in [4.69, 9.17) is 0 Å². The van der Waals surface area contributed by atoms with E-state index in [-0.39, 0.29) is 5.75 Å². The van der Waals surface area contributed by atoms with Crippen LogP contribution in [0.25, 0.3) is 0 Å². The molecule has 0 radical (unpaired) electrons. The van der Waals surface area contributed by atoms with Gasteiger partial charge in [-0.15, -0.1) is 0 Å². The van der Waals surface area contributed by atoms with Crippen molar-refractivity contribution in [2.24, 2.45) is 0 Å². The first-order chi connectivity index (χ1) is 6.97. The second kappa shape index (κ2) is 5.91. The monoisotopic (exact) mass is 228 g/mol. The summed E-state index contributed by atoms with van der Waals surface area (Å²) >= 11 is 0. The van der Waals surface area contributed by atoms with Gasteiger partial charge in [0.2, 0.25) is 0 Å². The summed E-state index contributed by atoms with van der Waals surface area (Å²) in [4.78, 5) is 0.459. The summed E-state index contributed by atoms with van der Waals surface area (Å²) < 4.78 is 23.1. The molecule has 0 atom stereocenters. The minimum Gasteiger partial charge on any atom is -0.224 e. The molecule has 0 aliphatic carbocycles. The van der Waals surface area contributed by atoms with Crippen molar-refractivity contribution in [3.05, 3.63) is 29.3 Å². The first-order valence-corrected chi connectivity index (χ1v) is 6.92. The van der Waals surface area contributed by atoms with E-state index < -0.39 is 9.84 Å². The van der Waals surface area contributed by atoms with Gasteiger partial charge in [-0.2, -0.15) is 0 Å². The van der Waals surface area contributed by atoms with Gasteiger partial charge in [0.1, 0.15) is 0 Å². The zero-order valence-corrected chi connectivity index (χ0v) is 11.0. The summed E-state index contributed by atoms with van der Waals surface area (Å²) in [6.07, 6.45) is 0. The molecule has 0 bridgehead atoms. The Bertz CT molecular complexity index is 406. The van der Waals surface area contributed by atoms with Crippen LogP contribution < -0.4 is 0 Å². The number of rotatable bonds is 2. The Kier molecular flexibility index (Phi) is 5.58. The molecule has 0 spiro atoms. The third-order valence-electron chi connectivity index (χ3n) is 2.05. The van der Waals surface area contributed by atoms with Crippen molar-refractivity contribution in [3.8, 4) is 0 Å². The highest BCUT2D eigenvalue weighted by Crippen LogP contribution is 2.17. The Hall–Kier alpha value is -0.830. The molecule has 15 heavy (non-hydrogen) atoms. The predicted molar refractivity (Wildman–Crippen MR) is 65.0 cm³/mol. The van der Waals surface area contributed by atoms with Gasteiger partial charge < -0.3 is 0 Å². The maximum Gasteiger partial charge on any atom is 0.178 e. The van der Waals surface area contributed by atoms with Gasteiger partial charge in [0, 0.05) is 0 Å². The normalized spacial score (nSPS) is 10.5. The summed E-state index contributed by atoms with van der Waals surface area (Å²) in [5.74, 6) is 0.164. The summed E-state index contributed by atoms with van der Waals surface area (Å²) in [5.41, 5.74) is 1.93. The lowest BCUT2D eigenvalue weighted by atomic mass is 10.2. The highest BCUT2D eigenvalue weighted by molar-refractivity contribution is 7.91. The van der Waals surface area contributed by atoms with E-state index in [2.05, 4.69) is 0 Å². The van der Waals surface area contributed by atoms with Gasteiger partial charge in [0.05, 0.1) is 10.6 Å². The molecule has 86 valence electrons. The molecule has 0 aliphatic rings. The van der Waals surface area contributed by atoms with Crippen LogP contribution in [0.4, 0.5) is 0 Å². The quantitative estimate of drug-likeness (QED) is 0.779. The van der Waals surface area contributed by atoms with E-state index in [0.717, 1.165) is 11.1 Å². The lowest BCUT2D eigenvalue weighted by molar-refractivity contribution is 0.596. The number of aryl methyl sites for hydroxylation is 2. The topological polar surface area (TPSA) is 34.1 Å². The molecule has 0 unspecified atom stereocenters. The average Bonchev–Trinajstić information content (AvgIpc) is 2.20. The highest BCUT2D eigenvalue weighted by Gasteiger charge is 2.13. The average molecular weight is 228 g/mol. The Morgan fingerprint density at radius 1 is 1.13 bits per heavy atom. The molecule has 1 aromatic rings. The van der Waals surface area contributed by atoms with Crippen LogP contribution in [0.15, 0.2) is 23.1 Å². The van der Waals surface area contributed by atoms with Gasteiger partial charge in [-0.05, 0) is 25.5 Å². The molecule has 0 fully saturated rings. The SMILES string of the molecule is CC.CCS(=O)(=O)c1ccc(C)cc1C. The van der Waals surface area contributed by atoms with Crippen molar-refractivity contribution in [2.75, 3.05) is 5.75 Å². The Morgan fingerprint density at radius 2 is 1.67 bits per heavy atom. The number of hydrogen-bond donors (Lipinski definition) is 0. The van der Waals surface area contributed by atoms with Crippen LogP contribution in [0, 0.1) is 13.8 Å². The van der Waals surface area contributed by atoms with Crippen LogP contribution in [0.2, 0.25) is 0 Å². The minimum absolute atomic E-state index is 0.164. The lowest BCUT2D eigenvalue weighted by Crippen LogP contribution is -2.05. The molecule has 0 heterocycles. The van der Waals surface area contributed by atoms with Crippen LogP contribution in [-0.4, -0.2) is 14.2 Å². The fraction of sp³-hybridized carbons (Fsp3) is 0.500. The van der Waals surface area contributed by atoms with Gasteiger partial charge in [-0.3, -0.25) is 0 Å². The first kappa shape index (κ1) is 14.2.